The third-order valence-electron chi connectivity index (χ3n) is 15.8. The van der Waals surface area contributed by atoms with Crippen molar-refractivity contribution in [3.05, 3.63) is 248 Å². The average molecular weight is 1350 g/mol. The van der Waals surface area contributed by atoms with E-state index in [-0.39, 0.29) is 24.3 Å². The van der Waals surface area contributed by atoms with Gasteiger partial charge in [-0.15, -0.1) is 0 Å². The zero-order valence-corrected chi connectivity index (χ0v) is 63.1. The van der Waals surface area contributed by atoms with Crippen molar-refractivity contribution in [3.63, 3.8) is 0 Å². The zero-order valence-electron chi connectivity index (χ0n) is 60.6. The van der Waals surface area contributed by atoms with Gasteiger partial charge < -0.3 is 29.9 Å². The van der Waals surface area contributed by atoms with Gasteiger partial charge in [0.15, 0.2) is 9.84 Å². The Kier molecular flexibility index (Phi) is 38.2. The van der Waals surface area contributed by atoms with E-state index in [1.807, 2.05) is 60.7 Å². The quantitative estimate of drug-likeness (QED) is 0.0551. The normalized spacial score (nSPS) is 12.7. The van der Waals surface area contributed by atoms with Crippen molar-refractivity contribution in [2.45, 2.75) is 194 Å². The fraction of sp³-hybridized carbons (Fsp3) is 0.463. The summed E-state index contributed by atoms with van der Waals surface area (Å²) in [4.78, 5) is 12.6. The van der Waals surface area contributed by atoms with Gasteiger partial charge in [0.2, 0.25) is 0 Å². The number of nitrogens with zero attached hydrogens (tertiary/aromatic N) is 1. The number of hydrogen-bond donors (Lipinski definition) is 3. The molecule has 7 aromatic carbocycles. The molecular formula is C80H117N2O9PS2. The molecule has 1 unspecified atom stereocenters. The van der Waals surface area contributed by atoms with Crippen LogP contribution in [0.25, 0.3) is 0 Å². The van der Waals surface area contributed by atoms with E-state index in [0.29, 0.717) is 53.3 Å². The molecule has 0 radical (unpaired) electrons. The molecule has 1 atom stereocenters. The van der Waals surface area contributed by atoms with Crippen LogP contribution < -0.4 is 5.73 Å². The number of benzene rings is 7. The SMILES string of the molecule is CC(C)c1ccc(C2(N)CC2)cc1.CC(C)c1ccc(CC(=O)O)cc1.CC(C)c1ccc(CCO)cc1.CC(C)c1ccc(CN(C)C)cc1.CC(C)c1ccc(CS(C)(=O)=O)cc1.CC(C)c1ccc(CS(C)=O)cc1.COP(=O)(Cc1ccc(C(C)C)cc1)OC. The molecule has 0 aliphatic heterocycles. The van der Waals surface area contributed by atoms with Crippen molar-refractivity contribution in [2.24, 2.45) is 5.73 Å². The highest BCUT2D eigenvalue weighted by Gasteiger charge is 2.39. The summed E-state index contributed by atoms with van der Waals surface area (Å²) in [6, 6.07) is 58.0. The number of rotatable bonds is 22. The molecule has 0 heterocycles. The first kappa shape index (κ1) is 84.2. The molecule has 11 nitrogen and oxygen atoms in total. The smallest absolute Gasteiger partial charge is 0.334 e. The lowest BCUT2D eigenvalue weighted by molar-refractivity contribution is -0.136. The third kappa shape index (κ3) is 34.7. The first-order chi connectivity index (χ1) is 44.0. The van der Waals surface area contributed by atoms with Crippen molar-refractivity contribution in [1.82, 2.24) is 4.90 Å². The molecule has 8 rings (SSSR count). The number of nitrogens with two attached hydrogens (primary N) is 1. The highest BCUT2D eigenvalue weighted by atomic mass is 32.2. The summed E-state index contributed by atoms with van der Waals surface area (Å²) in [5.41, 5.74) is 23.1. The van der Waals surface area contributed by atoms with Crippen LogP contribution in [0.4, 0.5) is 0 Å². The van der Waals surface area contributed by atoms with Crippen LogP contribution in [-0.2, 0) is 81.6 Å². The van der Waals surface area contributed by atoms with Gasteiger partial charge in [-0.3, -0.25) is 13.6 Å². The Balaban J connectivity index is 0.000000374. The Morgan fingerprint density at radius 2 is 0.798 bits per heavy atom. The van der Waals surface area contributed by atoms with Gasteiger partial charge in [-0.25, -0.2) is 8.42 Å². The lowest BCUT2D eigenvalue weighted by Gasteiger charge is -2.14. The predicted molar refractivity (Wildman–Crippen MR) is 400 cm³/mol. The van der Waals surface area contributed by atoms with Crippen molar-refractivity contribution >= 4 is 34.2 Å². The van der Waals surface area contributed by atoms with Gasteiger partial charge in [-0.1, -0.05) is 267 Å². The maximum atomic E-state index is 11.9. The van der Waals surface area contributed by atoms with Crippen LogP contribution in [-0.4, -0.2) is 81.1 Å². The van der Waals surface area contributed by atoms with Crippen LogP contribution >= 0.6 is 7.60 Å². The first-order valence-electron chi connectivity index (χ1n) is 33.1. The van der Waals surface area contributed by atoms with Gasteiger partial charge in [0, 0.05) is 62.0 Å². The average Bonchev–Trinajstić information content (AvgIpc) is 1.65. The van der Waals surface area contributed by atoms with Crippen molar-refractivity contribution < 1.29 is 41.2 Å². The van der Waals surface area contributed by atoms with Gasteiger partial charge >= 0.3 is 13.6 Å². The lowest BCUT2D eigenvalue weighted by atomic mass is 9.98. The minimum Gasteiger partial charge on any atom is -0.481 e. The van der Waals surface area contributed by atoms with E-state index in [1.165, 1.54) is 76.1 Å². The van der Waals surface area contributed by atoms with Crippen molar-refractivity contribution in [3.8, 4) is 0 Å². The molecule has 1 aliphatic carbocycles. The largest absolute Gasteiger partial charge is 0.481 e. The summed E-state index contributed by atoms with van der Waals surface area (Å²) in [7, 11) is 0.420. The summed E-state index contributed by atoms with van der Waals surface area (Å²) in [6.07, 6.45) is 6.47. The highest BCUT2D eigenvalue weighted by Crippen LogP contribution is 2.49. The molecule has 4 N–H and O–H groups in total. The third-order valence-corrected chi connectivity index (χ3v) is 19.3. The molecule has 1 fully saturated rings. The van der Waals surface area contributed by atoms with Gasteiger partial charge in [0.05, 0.1) is 18.3 Å². The summed E-state index contributed by atoms with van der Waals surface area (Å²) in [5.74, 6) is 3.91. The molecule has 0 bridgehead atoms. The summed E-state index contributed by atoms with van der Waals surface area (Å²) in [6.45, 7) is 31.6. The van der Waals surface area contributed by atoms with Crippen molar-refractivity contribution in [1.29, 1.82) is 0 Å². The van der Waals surface area contributed by atoms with Crippen LogP contribution in [0.5, 0.6) is 0 Å². The van der Waals surface area contributed by atoms with E-state index >= 15 is 0 Å². The van der Waals surface area contributed by atoms with E-state index in [0.717, 1.165) is 48.1 Å². The summed E-state index contributed by atoms with van der Waals surface area (Å²) in [5, 5.41) is 17.2. The molecule has 7 aromatic rings. The maximum absolute atomic E-state index is 11.9. The molecule has 94 heavy (non-hydrogen) atoms. The standard InChI is InChI=1S/C12H17N.C12H19N.C12H19O3P.C11H16O2S.C11H14O2.C11H16OS.C11H16O/c1-9(2)10-3-5-11(6-4-10)12(13)7-8-12;1-10(2)12-7-5-11(6-8-12)9-13(3)4;1-10(2)12-7-5-11(6-8-12)9-16(13,14-3)15-4;1-9(2)11-6-4-10(5-7-11)8-14(3,12)13;1-8(2)10-5-3-9(4-6-10)7-11(12)13;1-9(2)11-6-4-10(5-7-11)8-13(3)12;1-9(2)11-5-3-10(4-6-11)7-8-12/h3-6,9H,7-8,13H2,1-2H3;5-8,10H,9H2,1-4H3;5-8,10H,9H2,1-4H3;4-7,9H,8H2,1-3H3;3-6,8H,7H2,1-2H3,(H,12,13);4-7,9H,8H2,1-3H3;3-6,9,12H,7-8H2,1-2H3. The van der Waals surface area contributed by atoms with Crippen LogP contribution in [0.2, 0.25) is 0 Å². The monoisotopic (exact) mass is 1340 g/mol. The number of sulfone groups is 1. The number of aliphatic hydroxyl groups excluding tert-OH is 1. The number of aliphatic carboxylic acids is 1. The lowest BCUT2D eigenvalue weighted by Crippen LogP contribution is -2.18. The van der Waals surface area contributed by atoms with Gasteiger partial charge in [-0.05, 0) is 153 Å². The molecule has 518 valence electrons. The second kappa shape index (κ2) is 42.6. The van der Waals surface area contributed by atoms with Crippen LogP contribution in [0.15, 0.2) is 170 Å². The Morgan fingerprint density at radius 3 is 1.06 bits per heavy atom. The number of hydrogen-bond acceptors (Lipinski definition) is 10. The van der Waals surface area contributed by atoms with E-state index in [4.69, 9.17) is 25.0 Å². The molecule has 0 spiro atoms. The van der Waals surface area contributed by atoms with Gasteiger partial charge in [-0.2, -0.15) is 0 Å². The molecule has 0 saturated heterocycles. The molecular weight excluding hydrogens is 1230 g/mol. The van der Waals surface area contributed by atoms with Crippen LogP contribution in [0.1, 0.15) is 229 Å². The van der Waals surface area contributed by atoms with Gasteiger partial charge in [0.25, 0.3) is 0 Å². The molecule has 14 heteroatoms. The fourth-order valence-electron chi connectivity index (χ4n) is 9.36. The number of carboxylic acid groups (broad SMARTS) is 1. The molecule has 0 aromatic heterocycles. The minimum absolute atomic E-state index is 0.0233. The highest BCUT2D eigenvalue weighted by molar-refractivity contribution is 7.89. The Bertz CT molecular complexity index is 3320. The topological polar surface area (TPSA) is 174 Å². The first-order valence-corrected chi connectivity index (χ1v) is 38.6. The molecule has 0 amide bonds. The van der Waals surface area contributed by atoms with E-state index in [9.17, 15) is 22.0 Å². The van der Waals surface area contributed by atoms with Crippen LogP contribution in [0, 0.1) is 0 Å². The minimum atomic E-state index is -2.94. The second-order valence-corrected chi connectivity index (χ2v) is 32.9. The Morgan fingerprint density at radius 1 is 0.511 bits per heavy atom. The van der Waals surface area contributed by atoms with Gasteiger partial charge in [0.1, 0.15) is 0 Å². The Hall–Kier alpha value is -5.86. The fourth-order valence-corrected chi connectivity index (χ4v) is 11.9. The maximum Gasteiger partial charge on any atom is 0.334 e. The second-order valence-electron chi connectivity index (χ2n) is 27.0. The van der Waals surface area contributed by atoms with E-state index in [2.05, 4.69) is 225 Å². The predicted octanol–water partition coefficient (Wildman–Crippen LogP) is 19.3. The number of carboxylic acids is 1. The number of carbonyl (C=O) groups is 1. The molecule has 1 aliphatic rings. The summed E-state index contributed by atoms with van der Waals surface area (Å²) >= 11 is 0. The Labute approximate surface area is 571 Å². The van der Waals surface area contributed by atoms with E-state index in [1.54, 1.807) is 6.26 Å². The number of aliphatic hydroxyl groups is 1. The van der Waals surface area contributed by atoms with Crippen molar-refractivity contribution in [2.75, 3.05) is 47.4 Å². The van der Waals surface area contributed by atoms with E-state index < -0.39 is 34.2 Å². The zero-order chi connectivity index (χ0) is 70.9. The molecule has 1 saturated carbocycles. The summed E-state index contributed by atoms with van der Waals surface area (Å²) < 4.78 is 54.7. The van der Waals surface area contributed by atoms with Crippen LogP contribution in [0.3, 0.4) is 0 Å².